The fourth-order valence-electron chi connectivity index (χ4n) is 3.01. The van der Waals surface area contributed by atoms with Crippen molar-refractivity contribution in [2.45, 2.75) is 19.8 Å². The highest BCUT2D eigenvalue weighted by Gasteiger charge is 2.41. The molecule has 1 N–H and O–H groups in total. The van der Waals surface area contributed by atoms with Gasteiger partial charge in [0.1, 0.15) is 10.9 Å². The van der Waals surface area contributed by atoms with Crippen LogP contribution >= 0.6 is 11.6 Å². The summed E-state index contributed by atoms with van der Waals surface area (Å²) in [5, 5.41) is 3.84. The Morgan fingerprint density at radius 2 is 2.31 bits per heavy atom. The predicted molar refractivity (Wildman–Crippen MR) is 63.9 cm³/mol. The molecule has 3 rings (SSSR count). The van der Waals surface area contributed by atoms with Crippen molar-refractivity contribution in [1.29, 1.82) is 0 Å². The number of carbonyl (C=O) groups is 1. The van der Waals surface area contributed by atoms with Crippen molar-refractivity contribution in [3.05, 3.63) is 34.0 Å². The Balaban J connectivity index is 2.15. The quantitative estimate of drug-likeness (QED) is 0.654. The van der Waals surface area contributed by atoms with Crippen molar-refractivity contribution in [3.8, 4) is 0 Å². The van der Waals surface area contributed by atoms with Crippen LogP contribution in [-0.4, -0.2) is 12.3 Å². The molecule has 3 aliphatic rings. The molecule has 2 nitrogen and oxygen atoms in total. The van der Waals surface area contributed by atoms with Gasteiger partial charge in [0.15, 0.2) is 0 Å². The van der Waals surface area contributed by atoms with Crippen LogP contribution in [0.5, 0.6) is 0 Å². The predicted octanol–water partition coefficient (Wildman–Crippen LogP) is 2.52. The lowest BCUT2D eigenvalue weighted by atomic mass is 9.84. The van der Waals surface area contributed by atoms with E-state index in [0.717, 1.165) is 12.8 Å². The number of rotatable bonds is 0. The van der Waals surface area contributed by atoms with Crippen molar-refractivity contribution in [3.63, 3.8) is 0 Å². The van der Waals surface area contributed by atoms with Crippen LogP contribution in [0.3, 0.4) is 0 Å². The van der Waals surface area contributed by atoms with Crippen molar-refractivity contribution >= 4 is 17.4 Å². The number of hydrogen-bond acceptors (Lipinski definition) is 2. The van der Waals surface area contributed by atoms with Gasteiger partial charge in [-0.05, 0) is 35.6 Å². The molecule has 2 aliphatic carbocycles. The summed E-state index contributed by atoms with van der Waals surface area (Å²) in [6.45, 7) is 2.73. The Bertz CT molecular complexity index is 459. The van der Waals surface area contributed by atoms with E-state index < -0.39 is 0 Å². The molecule has 3 heteroatoms. The van der Waals surface area contributed by atoms with E-state index in [1.807, 2.05) is 13.0 Å². The Labute approximate surface area is 100 Å². The molecule has 0 aromatic rings. The van der Waals surface area contributed by atoms with E-state index in [4.69, 9.17) is 11.6 Å². The van der Waals surface area contributed by atoms with Gasteiger partial charge in [0.05, 0.1) is 0 Å². The Morgan fingerprint density at radius 3 is 3.12 bits per heavy atom. The molecule has 0 saturated carbocycles. The van der Waals surface area contributed by atoms with Crippen LogP contribution in [0.4, 0.5) is 0 Å². The zero-order chi connectivity index (χ0) is 11.3. The minimum Gasteiger partial charge on any atom is -0.372 e. The third-order valence-corrected chi connectivity index (χ3v) is 4.09. The number of hydrogen-bond donors (Lipinski definition) is 1. The summed E-state index contributed by atoms with van der Waals surface area (Å²) in [5.41, 5.74) is 3.67. The molecule has 16 heavy (non-hydrogen) atoms. The maximum atomic E-state index is 12.1. The first-order chi connectivity index (χ1) is 7.68. The maximum absolute atomic E-state index is 12.1. The summed E-state index contributed by atoms with van der Waals surface area (Å²) in [4.78, 5) is 12.1. The molecule has 0 bridgehead atoms. The zero-order valence-corrected chi connectivity index (χ0v) is 9.97. The van der Waals surface area contributed by atoms with Gasteiger partial charge in [0.2, 0.25) is 0 Å². The minimum atomic E-state index is 0.0602. The number of carbonyl (C=O) groups excluding carboxylic acids is 1. The zero-order valence-electron chi connectivity index (χ0n) is 9.22. The molecule has 0 aromatic heterocycles. The fourth-order valence-corrected chi connectivity index (χ4v) is 3.20. The summed E-state index contributed by atoms with van der Waals surface area (Å²) in [6, 6.07) is 0. The number of ketones is 1. The highest BCUT2D eigenvalue weighted by Crippen LogP contribution is 2.44. The molecular weight excluding hydrogens is 222 g/mol. The number of halogens is 1. The van der Waals surface area contributed by atoms with Crippen LogP contribution in [0.25, 0.3) is 0 Å². The Morgan fingerprint density at radius 1 is 1.50 bits per heavy atom. The van der Waals surface area contributed by atoms with Gasteiger partial charge in [0.25, 0.3) is 0 Å². The van der Waals surface area contributed by atoms with Gasteiger partial charge in [-0.1, -0.05) is 24.6 Å². The normalized spacial score (nSPS) is 32.8. The summed E-state index contributed by atoms with van der Waals surface area (Å²) >= 11 is 6.06. The monoisotopic (exact) mass is 235 g/mol. The topological polar surface area (TPSA) is 29.1 Å². The van der Waals surface area contributed by atoms with Crippen LogP contribution in [0.2, 0.25) is 0 Å². The molecule has 2 atom stereocenters. The summed E-state index contributed by atoms with van der Waals surface area (Å²) in [5.74, 6) is 0.583. The SMILES string of the molecule is CC1C(=O)C2CCC=C3C=C(Cl)NCC1=C32. The van der Waals surface area contributed by atoms with E-state index in [9.17, 15) is 4.79 Å². The van der Waals surface area contributed by atoms with Gasteiger partial charge >= 0.3 is 0 Å². The van der Waals surface area contributed by atoms with Gasteiger partial charge in [-0.2, -0.15) is 0 Å². The summed E-state index contributed by atoms with van der Waals surface area (Å²) in [7, 11) is 0. The van der Waals surface area contributed by atoms with Gasteiger partial charge in [-0.15, -0.1) is 0 Å². The Kier molecular flexibility index (Phi) is 2.21. The molecule has 84 valence electrons. The lowest BCUT2D eigenvalue weighted by Crippen LogP contribution is -2.20. The average molecular weight is 236 g/mol. The van der Waals surface area contributed by atoms with Gasteiger partial charge in [0, 0.05) is 18.4 Å². The summed E-state index contributed by atoms with van der Waals surface area (Å²) in [6.07, 6.45) is 6.11. The minimum absolute atomic E-state index is 0.0602. The molecule has 0 aromatic carbocycles. The summed E-state index contributed by atoms with van der Waals surface area (Å²) < 4.78 is 0. The van der Waals surface area contributed by atoms with E-state index in [2.05, 4.69) is 11.4 Å². The molecule has 1 heterocycles. The van der Waals surface area contributed by atoms with Gasteiger partial charge in [-0.25, -0.2) is 0 Å². The molecule has 2 unspecified atom stereocenters. The largest absolute Gasteiger partial charge is 0.372 e. The number of nitrogens with one attached hydrogen (secondary N) is 1. The van der Waals surface area contributed by atoms with E-state index in [0.29, 0.717) is 17.5 Å². The van der Waals surface area contributed by atoms with Crippen LogP contribution < -0.4 is 5.32 Å². The molecule has 0 radical (unpaired) electrons. The lowest BCUT2D eigenvalue weighted by molar-refractivity contribution is -0.123. The van der Waals surface area contributed by atoms with Crippen LogP contribution in [-0.2, 0) is 4.79 Å². The van der Waals surface area contributed by atoms with Crippen molar-refractivity contribution in [1.82, 2.24) is 5.32 Å². The smallest absolute Gasteiger partial charge is 0.147 e. The molecular formula is C13H14ClNO. The molecule has 0 spiro atoms. The van der Waals surface area contributed by atoms with Crippen molar-refractivity contribution in [2.75, 3.05) is 6.54 Å². The highest BCUT2D eigenvalue weighted by molar-refractivity contribution is 6.29. The van der Waals surface area contributed by atoms with Crippen molar-refractivity contribution < 1.29 is 4.79 Å². The Hall–Kier alpha value is -1.02. The molecule has 0 fully saturated rings. The van der Waals surface area contributed by atoms with E-state index in [-0.39, 0.29) is 11.8 Å². The number of allylic oxidation sites excluding steroid dienone is 4. The second-order valence-corrected chi connectivity index (χ2v) is 5.11. The fraction of sp³-hybridized carbons (Fsp3) is 0.462. The highest BCUT2D eigenvalue weighted by atomic mass is 35.5. The third kappa shape index (κ3) is 1.29. The van der Waals surface area contributed by atoms with Crippen molar-refractivity contribution in [2.24, 2.45) is 11.8 Å². The molecule has 0 amide bonds. The maximum Gasteiger partial charge on any atom is 0.147 e. The van der Waals surface area contributed by atoms with E-state index >= 15 is 0 Å². The van der Waals surface area contributed by atoms with Crippen LogP contribution in [0, 0.1) is 11.8 Å². The second kappa shape index (κ2) is 3.49. The molecule has 1 aliphatic heterocycles. The number of Topliss-reactive ketones (excluding diaryl/α,β-unsaturated/α-hetero) is 1. The van der Waals surface area contributed by atoms with Crippen LogP contribution in [0.1, 0.15) is 19.8 Å². The second-order valence-electron chi connectivity index (χ2n) is 4.70. The van der Waals surface area contributed by atoms with E-state index in [1.54, 1.807) is 0 Å². The first kappa shape index (κ1) is 10.2. The molecule has 0 saturated heterocycles. The standard InChI is InChI=1S/C13H14ClNO/c1-7-10-6-15-11(14)5-8-3-2-4-9(12(8)10)13(7)16/h3,5,7,9,15H,2,4,6H2,1H3. The lowest BCUT2D eigenvalue weighted by Gasteiger charge is -2.19. The van der Waals surface area contributed by atoms with Gasteiger partial charge < -0.3 is 5.32 Å². The van der Waals surface area contributed by atoms with Gasteiger partial charge in [-0.3, -0.25) is 4.79 Å². The first-order valence-corrected chi connectivity index (χ1v) is 6.14. The van der Waals surface area contributed by atoms with E-state index in [1.165, 1.54) is 16.7 Å². The third-order valence-electron chi connectivity index (χ3n) is 3.85. The average Bonchev–Trinajstić information content (AvgIpc) is 2.44. The van der Waals surface area contributed by atoms with Crippen LogP contribution in [0.15, 0.2) is 34.0 Å². The first-order valence-electron chi connectivity index (χ1n) is 5.76.